The first-order valence-corrected chi connectivity index (χ1v) is 6.83. The molecule has 0 aromatic heterocycles. The highest BCUT2D eigenvalue weighted by Crippen LogP contribution is 2.16. The summed E-state index contributed by atoms with van der Waals surface area (Å²) < 4.78 is 0. The number of anilines is 1. The molecule has 1 aromatic carbocycles. The van der Waals surface area contributed by atoms with Gasteiger partial charge in [0.15, 0.2) is 0 Å². The van der Waals surface area contributed by atoms with Gasteiger partial charge in [0, 0.05) is 19.0 Å². The topological polar surface area (TPSA) is 84.2 Å². The second kappa shape index (κ2) is 9.37. The normalized spacial score (nSPS) is 11.5. The van der Waals surface area contributed by atoms with Crippen molar-refractivity contribution >= 4 is 29.9 Å². The Morgan fingerprint density at radius 3 is 2.38 bits per heavy atom. The van der Waals surface area contributed by atoms with E-state index in [9.17, 15) is 9.59 Å². The summed E-state index contributed by atoms with van der Waals surface area (Å²) >= 11 is 0. The van der Waals surface area contributed by atoms with E-state index in [1.54, 1.807) is 31.2 Å². The molecular formula is C15H24ClN3O2. The molecule has 1 unspecified atom stereocenters. The third kappa shape index (κ3) is 6.14. The van der Waals surface area contributed by atoms with Crippen molar-refractivity contribution in [2.75, 3.05) is 18.4 Å². The van der Waals surface area contributed by atoms with Crippen LogP contribution >= 0.6 is 12.4 Å². The molecule has 0 aliphatic rings. The van der Waals surface area contributed by atoms with Crippen LogP contribution in [0.1, 0.15) is 31.1 Å². The number of amides is 2. The zero-order valence-corrected chi connectivity index (χ0v) is 13.5. The van der Waals surface area contributed by atoms with Gasteiger partial charge in [-0.2, -0.15) is 0 Å². The van der Waals surface area contributed by atoms with Crippen molar-refractivity contribution in [1.29, 1.82) is 0 Å². The molecule has 0 aliphatic carbocycles. The van der Waals surface area contributed by atoms with E-state index in [1.807, 2.05) is 13.8 Å². The van der Waals surface area contributed by atoms with E-state index >= 15 is 0 Å². The summed E-state index contributed by atoms with van der Waals surface area (Å²) in [5.74, 6) is -0.286. The van der Waals surface area contributed by atoms with Gasteiger partial charge in [-0.1, -0.05) is 32.9 Å². The summed E-state index contributed by atoms with van der Waals surface area (Å²) in [5, 5.41) is 5.59. The van der Waals surface area contributed by atoms with E-state index in [1.165, 1.54) is 0 Å². The van der Waals surface area contributed by atoms with Gasteiger partial charge in [0.05, 0.1) is 11.3 Å². The van der Waals surface area contributed by atoms with Crippen molar-refractivity contribution in [3.8, 4) is 0 Å². The Morgan fingerprint density at radius 2 is 1.81 bits per heavy atom. The number of hydrogen-bond acceptors (Lipinski definition) is 3. The fourth-order valence-corrected chi connectivity index (χ4v) is 1.55. The van der Waals surface area contributed by atoms with Gasteiger partial charge in [-0.25, -0.2) is 0 Å². The zero-order valence-electron chi connectivity index (χ0n) is 12.7. The Kier molecular flexibility index (Phi) is 8.66. The molecule has 21 heavy (non-hydrogen) atoms. The molecule has 0 bridgehead atoms. The molecular weight excluding hydrogens is 290 g/mol. The number of halogens is 1. The first-order chi connectivity index (χ1) is 9.45. The summed E-state index contributed by atoms with van der Waals surface area (Å²) in [4.78, 5) is 24.0. The van der Waals surface area contributed by atoms with Crippen molar-refractivity contribution in [3.05, 3.63) is 29.8 Å². The predicted molar refractivity (Wildman–Crippen MR) is 87.7 cm³/mol. The van der Waals surface area contributed by atoms with Gasteiger partial charge in [-0.15, -0.1) is 12.4 Å². The molecule has 0 saturated carbocycles. The van der Waals surface area contributed by atoms with Gasteiger partial charge in [-0.3, -0.25) is 9.59 Å². The molecule has 0 fully saturated rings. The van der Waals surface area contributed by atoms with Crippen molar-refractivity contribution < 1.29 is 9.59 Å². The molecule has 2 amide bonds. The van der Waals surface area contributed by atoms with E-state index in [-0.39, 0.29) is 36.7 Å². The largest absolute Gasteiger partial charge is 0.352 e. The maximum atomic E-state index is 12.1. The fraction of sp³-hybridized carbons (Fsp3) is 0.467. The van der Waals surface area contributed by atoms with Gasteiger partial charge in [0.1, 0.15) is 0 Å². The van der Waals surface area contributed by atoms with Gasteiger partial charge in [-0.05, 0) is 18.1 Å². The summed E-state index contributed by atoms with van der Waals surface area (Å²) in [7, 11) is 0. The highest BCUT2D eigenvalue weighted by molar-refractivity contribution is 6.04. The zero-order chi connectivity index (χ0) is 15.1. The van der Waals surface area contributed by atoms with Crippen LogP contribution in [0.25, 0.3) is 0 Å². The van der Waals surface area contributed by atoms with Crippen LogP contribution in [0.5, 0.6) is 0 Å². The fourth-order valence-electron chi connectivity index (χ4n) is 1.55. The van der Waals surface area contributed by atoms with Crippen LogP contribution in [0.2, 0.25) is 0 Å². The molecule has 6 heteroatoms. The SMILES string of the molecule is CC(C)CNC(=O)c1ccccc1NC(=O)C(C)CN.Cl. The lowest BCUT2D eigenvalue weighted by atomic mass is 10.1. The quantitative estimate of drug-likeness (QED) is 0.751. The monoisotopic (exact) mass is 313 g/mol. The number of rotatable bonds is 6. The second-order valence-corrected chi connectivity index (χ2v) is 5.28. The minimum absolute atomic E-state index is 0. The minimum atomic E-state index is -0.290. The van der Waals surface area contributed by atoms with Crippen molar-refractivity contribution in [3.63, 3.8) is 0 Å². The summed E-state index contributed by atoms with van der Waals surface area (Å²) in [5.41, 5.74) is 6.44. The molecule has 4 N–H and O–H groups in total. The number of benzene rings is 1. The average molecular weight is 314 g/mol. The summed E-state index contributed by atoms with van der Waals surface area (Å²) in [6, 6.07) is 6.96. The molecule has 5 nitrogen and oxygen atoms in total. The molecule has 118 valence electrons. The van der Waals surface area contributed by atoms with Crippen LogP contribution in [0, 0.1) is 11.8 Å². The molecule has 1 atom stereocenters. The molecule has 0 spiro atoms. The maximum absolute atomic E-state index is 12.1. The van der Waals surface area contributed by atoms with Gasteiger partial charge in [0.25, 0.3) is 5.91 Å². The highest BCUT2D eigenvalue weighted by Gasteiger charge is 2.16. The standard InChI is InChI=1S/C15H23N3O2.ClH/c1-10(2)9-17-15(20)12-6-4-5-7-13(12)18-14(19)11(3)8-16;/h4-7,10-11H,8-9,16H2,1-3H3,(H,17,20)(H,18,19);1H. The smallest absolute Gasteiger partial charge is 0.253 e. The van der Waals surface area contributed by atoms with Crippen LogP contribution < -0.4 is 16.4 Å². The molecule has 0 aliphatic heterocycles. The summed E-state index contributed by atoms with van der Waals surface area (Å²) in [6.45, 7) is 6.67. The number of hydrogen-bond donors (Lipinski definition) is 3. The number of nitrogens with two attached hydrogens (primary N) is 1. The third-order valence-electron chi connectivity index (χ3n) is 2.90. The van der Waals surface area contributed by atoms with Crippen LogP contribution in [-0.4, -0.2) is 24.9 Å². The molecule has 0 heterocycles. The molecule has 0 radical (unpaired) electrons. The van der Waals surface area contributed by atoms with Crippen LogP contribution in [-0.2, 0) is 4.79 Å². The predicted octanol–water partition coefficient (Wildman–Crippen LogP) is 2.03. The first kappa shape index (κ1) is 19.4. The van der Waals surface area contributed by atoms with E-state index in [2.05, 4.69) is 10.6 Å². The molecule has 1 rings (SSSR count). The maximum Gasteiger partial charge on any atom is 0.253 e. The Hall–Kier alpha value is -1.59. The average Bonchev–Trinajstić information content (AvgIpc) is 2.44. The Labute approximate surface area is 132 Å². The number of nitrogens with one attached hydrogen (secondary N) is 2. The number of carbonyl (C=O) groups excluding carboxylic acids is 2. The van der Waals surface area contributed by atoms with E-state index in [0.717, 1.165) is 0 Å². The van der Waals surface area contributed by atoms with Crippen LogP contribution in [0.15, 0.2) is 24.3 Å². The van der Waals surface area contributed by atoms with E-state index < -0.39 is 0 Å². The highest BCUT2D eigenvalue weighted by atomic mass is 35.5. The van der Waals surface area contributed by atoms with Crippen molar-refractivity contribution in [1.82, 2.24) is 5.32 Å². The first-order valence-electron chi connectivity index (χ1n) is 6.83. The van der Waals surface area contributed by atoms with Gasteiger partial charge in [0.2, 0.25) is 5.91 Å². The molecule has 0 saturated heterocycles. The second-order valence-electron chi connectivity index (χ2n) is 5.28. The van der Waals surface area contributed by atoms with Crippen LogP contribution in [0.4, 0.5) is 5.69 Å². The van der Waals surface area contributed by atoms with Gasteiger partial charge >= 0.3 is 0 Å². The lowest BCUT2D eigenvalue weighted by Gasteiger charge is -2.14. The lowest BCUT2D eigenvalue weighted by Crippen LogP contribution is -2.30. The Balaban J connectivity index is 0.00000400. The molecule has 1 aromatic rings. The van der Waals surface area contributed by atoms with Crippen molar-refractivity contribution in [2.45, 2.75) is 20.8 Å². The third-order valence-corrected chi connectivity index (χ3v) is 2.90. The lowest BCUT2D eigenvalue weighted by molar-refractivity contribution is -0.119. The van der Waals surface area contributed by atoms with E-state index in [4.69, 9.17) is 5.73 Å². The Bertz CT molecular complexity index is 478. The van der Waals surface area contributed by atoms with Gasteiger partial charge < -0.3 is 16.4 Å². The van der Waals surface area contributed by atoms with E-state index in [0.29, 0.717) is 23.7 Å². The summed E-state index contributed by atoms with van der Waals surface area (Å²) in [6.07, 6.45) is 0. The minimum Gasteiger partial charge on any atom is -0.352 e. The Morgan fingerprint density at radius 1 is 1.19 bits per heavy atom. The number of para-hydroxylation sites is 1. The number of carbonyl (C=O) groups is 2. The van der Waals surface area contributed by atoms with Crippen molar-refractivity contribution in [2.24, 2.45) is 17.6 Å². The van der Waals surface area contributed by atoms with Crippen LogP contribution in [0.3, 0.4) is 0 Å².